The highest BCUT2D eigenvalue weighted by Crippen LogP contribution is 2.47. The van der Waals surface area contributed by atoms with Crippen LogP contribution in [0.3, 0.4) is 0 Å². The van der Waals surface area contributed by atoms with Gasteiger partial charge in [0, 0.05) is 5.92 Å². The summed E-state index contributed by atoms with van der Waals surface area (Å²) < 4.78 is 53.4. The molecule has 0 amide bonds. The molecule has 1 aliphatic rings. The Kier molecular flexibility index (Phi) is 3.01. The van der Waals surface area contributed by atoms with Crippen LogP contribution in [0.1, 0.15) is 30.1 Å². The second kappa shape index (κ2) is 4.48. The number of benzene rings is 1. The Morgan fingerprint density at radius 3 is 2.40 bits per heavy atom. The van der Waals surface area contributed by atoms with E-state index < -0.39 is 22.7 Å². The van der Waals surface area contributed by atoms with Crippen molar-refractivity contribution in [3.8, 4) is 5.69 Å². The van der Waals surface area contributed by atoms with Gasteiger partial charge in [-0.25, -0.2) is 9.07 Å². The summed E-state index contributed by atoms with van der Waals surface area (Å²) in [6, 6.07) is 5.56. The second-order valence-electron chi connectivity index (χ2n) is 4.68. The molecule has 7 heteroatoms. The Morgan fingerprint density at radius 2 is 1.85 bits per heavy atom. The van der Waals surface area contributed by atoms with E-state index in [-0.39, 0.29) is 17.3 Å². The van der Waals surface area contributed by atoms with Crippen molar-refractivity contribution < 1.29 is 17.6 Å². The predicted molar refractivity (Wildman–Crippen MR) is 65.5 cm³/mol. The number of rotatable bonds is 2. The summed E-state index contributed by atoms with van der Waals surface area (Å²) in [4.78, 5) is 0. The van der Waals surface area contributed by atoms with Crippen molar-refractivity contribution in [3.63, 3.8) is 0 Å². The topological polar surface area (TPSA) is 17.8 Å². The van der Waals surface area contributed by atoms with Crippen LogP contribution in [0.15, 0.2) is 24.3 Å². The summed E-state index contributed by atoms with van der Waals surface area (Å²) >= 11 is 5.83. The summed E-state index contributed by atoms with van der Waals surface area (Å²) in [5.74, 6) is -0.729. The maximum absolute atomic E-state index is 13.8. The van der Waals surface area contributed by atoms with E-state index >= 15 is 0 Å². The third-order valence-corrected chi connectivity index (χ3v) is 3.55. The van der Waals surface area contributed by atoms with Crippen molar-refractivity contribution in [1.82, 2.24) is 9.78 Å². The highest BCUT2D eigenvalue weighted by atomic mass is 35.5. The molecular weight excluding hydrogens is 296 g/mol. The monoisotopic (exact) mass is 304 g/mol. The second-order valence-corrected chi connectivity index (χ2v) is 5.06. The van der Waals surface area contributed by atoms with E-state index in [1.54, 1.807) is 0 Å². The molecule has 2 nitrogen and oxygen atoms in total. The van der Waals surface area contributed by atoms with E-state index in [4.69, 9.17) is 11.6 Å². The minimum Gasteiger partial charge on any atom is -0.232 e. The van der Waals surface area contributed by atoms with E-state index in [0.717, 1.165) is 17.5 Å². The molecule has 1 heterocycles. The number of aromatic nitrogens is 2. The van der Waals surface area contributed by atoms with Crippen molar-refractivity contribution in [2.75, 3.05) is 0 Å². The maximum atomic E-state index is 13.8. The van der Waals surface area contributed by atoms with Crippen LogP contribution in [-0.4, -0.2) is 9.78 Å². The van der Waals surface area contributed by atoms with Crippen molar-refractivity contribution >= 4 is 11.6 Å². The van der Waals surface area contributed by atoms with Crippen molar-refractivity contribution in [3.05, 3.63) is 46.5 Å². The molecule has 0 aliphatic heterocycles. The molecule has 1 saturated carbocycles. The van der Waals surface area contributed by atoms with Gasteiger partial charge >= 0.3 is 6.18 Å². The van der Waals surface area contributed by atoms with E-state index in [1.807, 2.05) is 0 Å². The van der Waals surface area contributed by atoms with Crippen LogP contribution >= 0.6 is 11.6 Å². The van der Waals surface area contributed by atoms with E-state index in [0.29, 0.717) is 0 Å². The third-order valence-electron chi connectivity index (χ3n) is 3.17. The molecule has 0 unspecified atom stereocenters. The molecule has 0 atom stereocenters. The van der Waals surface area contributed by atoms with Gasteiger partial charge in [-0.2, -0.15) is 18.3 Å². The number of para-hydroxylation sites is 1. The van der Waals surface area contributed by atoms with Gasteiger partial charge in [0.1, 0.15) is 11.5 Å². The van der Waals surface area contributed by atoms with Gasteiger partial charge in [0.15, 0.2) is 5.69 Å². The quantitative estimate of drug-likeness (QED) is 0.744. The first-order valence-corrected chi connectivity index (χ1v) is 6.38. The summed E-state index contributed by atoms with van der Waals surface area (Å²) in [5, 5.41) is 3.07. The van der Waals surface area contributed by atoms with Gasteiger partial charge in [-0.1, -0.05) is 23.7 Å². The number of alkyl halides is 3. The van der Waals surface area contributed by atoms with Crippen LogP contribution < -0.4 is 0 Å². The van der Waals surface area contributed by atoms with Crippen LogP contribution in [0.25, 0.3) is 5.69 Å². The van der Waals surface area contributed by atoms with Crippen molar-refractivity contribution in [1.29, 1.82) is 0 Å². The largest absolute Gasteiger partial charge is 0.436 e. The molecular formula is C13H9ClF4N2. The number of hydrogen-bond acceptors (Lipinski definition) is 1. The van der Waals surface area contributed by atoms with Gasteiger partial charge in [-0.05, 0) is 25.0 Å². The Bertz CT molecular complexity index is 659. The fourth-order valence-electron chi connectivity index (χ4n) is 2.11. The first-order valence-electron chi connectivity index (χ1n) is 6.00. The van der Waals surface area contributed by atoms with Crippen molar-refractivity contribution in [2.24, 2.45) is 0 Å². The van der Waals surface area contributed by atoms with Crippen LogP contribution in [-0.2, 0) is 6.18 Å². The minimum atomic E-state index is -4.66. The van der Waals surface area contributed by atoms with E-state index in [1.165, 1.54) is 24.3 Å². The molecule has 1 aliphatic carbocycles. The summed E-state index contributed by atoms with van der Waals surface area (Å²) in [6.45, 7) is 0. The minimum absolute atomic E-state index is 0.0215. The van der Waals surface area contributed by atoms with Crippen LogP contribution in [0.2, 0.25) is 5.02 Å². The predicted octanol–water partition coefficient (Wildman–Crippen LogP) is 4.56. The Labute approximate surface area is 117 Å². The molecule has 0 N–H and O–H groups in total. The highest BCUT2D eigenvalue weighted by molar-refractivity contribution is 6.32. The maximum Gasteiger partial charge on any atom is 0.436 e. The zero-order chi connectivity index (χ0) is 14.5. The smallest absolute Gasteiger partial charge is 0.232 e. The Morgan fingerprint density at radius 1 is 1.20 bits per heavy atom. The van der Waals surface area contributed by atoms with Crippen LogP contribution in [0, 0.1) is 5.82 Å². The molecule has 0 spiro atoms. The van der Waals surface area contributed by atoms with Gasteiger partial charge in [0.2, 0.25) is 0 Å². The normalized spacial score (nSPS) is 15.7. The van der Waals surface area contributed by atoms with Crippen LogP contribution in [0.4, 0.5) is 17.6 Å². The standard InChI is InChI=1S/C13H9ClF4N2/c14-10-11(7-5-6-7)20(19-12(10)13(16,17)18)9-4-2-1-3-8(9)15/h1-4,7H,5-6H2. The average Bonchev–Trinajstić information content (AvgIpc) is 3.12. The molecule has 0 radical (unpaired) electrons. The lowest BCUT2D eigenvalue weighted by Crippen LogP contribution is -2.08. The zero-order valence-corrected chi connectivity index (χ0v) is 10.8. The zero-order valence-electron chi connectivity index (χ0n) is 10.1. The molecule has 106 valence electrons. The first-order chi connectivity index (χ1) is 9.39. The fourth-order valence-corrected chi connectivity index (χ4v) is 2.49. The molecule has 1 fully saturated rings. The van der Waals surface area contributed by atoms with Gasteiger partial charge < -0.3 is 0 Å². The van der Waals surface area contributed by atoms with E-state index in [2.05, 4.69) is 5.10 Å². The van der Waals surface area contributed by atoms with Gasteiger partial charge in [0.05, 0.1) is 10.7 Å². The summed E-state index contributed by atoms with van der Waals surface area (Å²) in [5.41, 5.74) is -0.944. The molecule has 1 aromatic carbocycles. The molecule has 1 aromatic heterocycles. The van der Waals surface area contributed by atoms with Gasteiger partial charge in [0.25, 0.3) is 0 Å². The molecule has 20 heavy (non-hydrogen) atoms. The van der Waals surface area contributed by atoms with Gasteiger partial charge in [-0.3, -0.25) is 0 Å². The lowest BCUT2D eigenvalue weighted by Gasteiger charge is -2.07. The molecule has 2 aromatic rings. The first kappa shape index (κ1) is 13.4. The number of nitrogens with zero attached hydrogens (tertiary/aromatic N) is 2. The van der Waals surface area contributed by atoms with Crippen LogP contribution in [0.5, 0.6) is 0 Å². The molecule has 0 saturated heterocycles. The highest BCUT2D eigenvalue weighted by Gasteiger charge is 2.42. The van der Waals surface area contributed by atoms with Gasteiger partial charge in [-0.15, -0.1) is 0 Å². The average molecular weight is 305 g/mol. The Hall–Kier alpha value is -1.56. The summed E-state index contributed by atoms with van der Waals surface area (Å²) in [6.07, 6.45) is -3.19. The number of halogens is 5. The molecule has 3 rings (SSSR count). The Balaban J connectivity index is 2.23. The lowest BCUT2D eigenvalue weighted by atomic mass is 10.2. The number of hydrogen-bond donors (Lipinski definition) is 0. The lowest BCUT2D eigenvalue weighted by molar-refractivity contribution is -0.141. The summed E-state index contributed by atoms with van der Waals surface area (Å²) in [7, 11) is 0. The molecule has 0 bridgehead atoms. The van der Waals surface area contributed by atoms with Crippen molar-refractivity contribution in [2.45, 2.75) is 24.9 Å². The fraction of sp³-hybridized carbons (Fsp3) is 0.308. The third kappa shape index (κ3) is 2.18. The SMILES string of the molecule is Fc1ccccc1-n1nc(C(F)(F)F)c(Cl)c1C1CC1. The van der Waals surface area contributed by atoms with E-state index in [9.17, 15) is 17.6 Å².